The Morgan fingerprint density at radius 3 is 2.59 bits per heavy atom. The normalized spacial score (nSPS) is 17.4. The Hall–Kier alpha value is -3.39. The van der Waals surface area contributed by atoms with E-state index in [-0.39, 0.29) is 22.8 Å². The van der Waals surface area contributed by atoms with Crippen molar-refractivity contribution in [3.63, 3.8) is 0 Å². The highest BCUT2D eigenvalue weighted by Crippen LogP contribution is 2.39. The first-order valence-corrected chi connectivity index (χ1v) is 11.7. The fourth-order valence-corrected chi connectivity index (χ4v) is 5.63. The van der Waals surface area contributed by atoms with Crippen LogP contribution in [0.4, 0.5) is 14.6 Å². The Kier molecular flexibility index (Phi) is 5.06. The second kappa shape index (κ2) is 8.13. The van der Waals surface area contributed by atoms with Gasteiger partial charge in [0.25, 0.3) is 0 Å². The summed E-state index contributed by atoms with van der Waals surface area (Å²) in [6.45, 7) is 2.67. The Balaban J connectivity index is 1.44. The summed E-state index contributed by atoms with van der Waals surface area (Å²) in [5.41, 5.74) is 0.556. The second-order valence-electron chi connectivity index (χ2n) is 9.14. The molecule has 1 N–H and O–H groups in total. The van der Waals surface area contributed by atoms with Gasteiger partial charge in [-0.2, -0.15) is 9.97 Å². The number of anilines is 1. The number of hydrogen-bond acceptors (Lipinski definition) is 6. The van der Waals surface area contributed by atoms with E-state index in [0.717, 1.165) is 38.8 Å². The maximum atomic E-state index is 15.9. The zero-order valence-corrected chi connectivity index (χ0v) is 18.9. The topological polar surface area (TPSA) is 63.2 Å². The molecule has 2 aromatic carbocycles. The van der Waals surface area contributed by atoms with Gasteiger partial charge in [0, 0.05) is 24.2 Å². The molecule has 0 bridgehead atoms. The van der Waals surface area contributed by atoms with E-state index in [1.807, 2.05) is 0 Å². The van der Waals surface area contributed by atoms with Gasteiger partial charge in [0.2, 0.25) is 0 Å². The molecule has 4 heterocycles. The van der Waals surface area contributed by atoms with E-state index in [0.29, 0.717) is 34.1 Å². The monoisotopic (exact) mass is 461 g/mol. The summed E-state index contributed by atoms with van der Waals surface area (Å²) in [5, 5.41) is 4.45. The molecule has 0 saturated carbocycles. The molecular weight excluding hydrogens is 436 g/mol. The second-order valence-corrected chi connectivity index (χ2v) is 9.14. The summed E-state index contributed by atoms with van der Waals surface area (Å²) >= 11 is 0. The third kappa shape index (κ3) is 3.27. The maximum absolute atomic E-state index is 15.9. The van der Waals surface area contributed by atoms with Crippen molar-refractivity contribution in [3.05, 3.63) is 54.2 Å². The highest BCUT2D eigenvalue weighted by atomic mass is 19.1. The average Bonchev–Trinajstić information content (AvgIpc) is 3.43. The van der Waals surface area contributed by atoms with E-state index in [9.17, 15) is 4.39 Å². The molecule has 2 fully saturated rings. The first-order valence-electron chi connectivity index (χ1n) is 11.7. The largest absolute Gasteiger partial charge is 0.461 e. The summed E-state index contributed by atoms with van der Waals surface area (Å²) in [6.07, 6.45) is 6.03. The molecule has 8 heteroatoms. The number of nitrogens with one attached hydrogen (secondary N) is 1. The molecule has 0 spiro atoms. The van der Waals surface area contributed by atoms with Gasteiger partial charge in [-0.3, -0.25) is 9.88 Å². The summed E-state index contributed by atoms with van der Waals surface area (Å²) in [5.74, 6) is -0.610. The van der Waals surface area contributed by atoms with Crippen LogP contribution in [0.25, 0.3) is 32.9 Å². The van der Waals surface area contributed by atoms with Crippen molar-refractivity contribution in [1.82, 2.24) is 19.9 Å². The van der Waals surface area contributed by atoms with E-state index in [1.54, 1.807) is 37.4 Å². The summed E-state index contributed by atoms with van der Waals surface area (Å²) in [7, 11) is 1.71. The van der Waals surface area contributed by atoms with E-state index in [1.165, 1.54) is 12.3 Å². The zero-order valence-electron chi connectivity index (χ0n) is 18.9. The standard InChI is InChI=1S/C26H25F2N5O/c1-29-24-18-14-30-22(17-8-2-6-16-7-3-9-19(27)20(16)17)21(28)23(18)31-25(32-24)34-15-26-10-4-12-33(26)13-5-11-26/h2-3,6-9,14H,4-5,10-13,15H2,1H3,(H,29,31,32). The number of nitrogens with zero attached hydrogens (tertiary/aromatic N) is 4. The number of rotatable bonds is 5. The zero-order chi connectivity index (χ0) is 23.3. The molecule has 2 saturated heterocycles. The molecule has 6 rings (SSSR count). The van der Waals surface area contributed by atoms with Crippen molar-refractivity contribution in [2.24, 2.45) is 0 Å². The minimum Gasteiger partial charge on any atom is -0.461 e. The fourth-order valence-electron chi connectivity index (χ4n) is 5.63. The highest BCUT2D eigenvalue weighted by Gasteiger charge is 2.45. The minimum atomic E-state index is -0.626. The molecule has 0 aliphatic carbocycles. The van der Waals surface area contributed by atoms with Gasteiger partial charge in [-0.15, -0.1) is 0 Å². The van der Waals surface area contributed by atoms with E-state index in [4.69, 9.17) is 4.74 Å². The number of aromatic nitrogens is 3. The molecule has 2 aliphatic rings. The molecule has 0 unspecified atom stereocenters. The SMILES string of the molecule is CNc1nc(OCC23CCCN2CCC3)nc2c(F)c(-c3cccc4cccc(F)c34)ncc12. The summed E-state index contributed by atoms with van der Waals surface area (Å²) < 4.78 is 36.7. The lowest BCUT2D eigenvalue weighted by Gasteiger charge is -2.31. The van der Waals surface area contributed by atoms with E-state index >= 15 is 4.39 Å². The Morgan fingerprint density at radius 2 is 1.82 bits per heavy atom. The van der Waals surface area contributed by atoms with Crippen molar-refractivity contribution in [1.29, 1.82) is 0 Å². The van der Waals surface area contributed by atoms with Crippen LogP contribution < -0.4 is 10.1 Å². The maximum Gasteiger partial charge on any atom is 0.319 e. The molecule has 0 amide bonds. The Bertz CT molecular complexity index is 1390. The van der Waals surface area contributed by atoms with Crippen LogP contribution in [0, 0.1) is 11.6 Å². The summed E-state index contributed by atoms with van der Waals surface area (Å²) in [6, 6.07) is 10.2. The molecule has 174 valence electrons. The predicted octanol–water partition coefficient (Wildman–Crippen LogP) is 5.17. The molecule has 4 aromatic rings. The van der Waals surface area contributed by atoms with Gasteiger partial charge in [0.15, 0.2) is 5.82 Å². The minimum absolute atomic E-state index is 0.0283. The number of pyridine rings is 1. The van der Waals surface area contributed by atoms with Gasteiger partial charge in [0.1, 0.15) is 29.5 Å². The number of fused-ring (bicyclic) bond motifs is 3. The molecule has 0 radical (unpaired) electrons. The van der Waals surface area contributed by atoms with Crippen LogP contribution in [0.1, 0.15) is 25.7 Å². The van der Waals surface area contributed by atoms with Crippen LogP contribution >= 0.6 is 0 Å². The number of halogens is 2. The molecule has 34 heavy (non-hydrogen) atoms. The number of hydrogen-bond donors (Lipinski definition) is 1. The number of benzene rings is 2. The first-order chi connectivity index (χ1) is 16.6. The van der Waals surface area contributed by atoms with Gasteiger partial charge >= 0.3 is 6.01 Å². The van der Waals surface area contributed by atoms with Gasteiger partial charge < -0.3 is 10.1 Å². The third-order valence-electron chi connectivity index (χ3n) is 7.29. The van der Waals surface area contributed by atoms with Crippen LogP contribution in [0.5, 0.6) is 6.01 Å². The van der Waals surface area contributed by atoms with Crippen LogP contribution in [0.3, 0.4) is 0 Å². The van der Waals surface area contributed by atoms with Crippen molar-refractivity contribution in [2.45, 2.75) is 31.2 Å². The van der Waals surface area contributed by atoms with E-state index < -0.39 is 11.6 Å². The van der Waals surface area contributed by atoms with Crippen LogP contribution in [0.2, 0.25) is 0 Å². The number of ether oxygens (including phenoxy) is 1. The third-order valence-corrected chi connectivity index (χ3v) is 7.29. The first kappa shape index (κ1) is 21.2. The molecule has 6 nitrogen and oxygen atoms in total. The molecule has 2 aromatic heterocycles. The lowest BCUT2D eigenvalue weighted by atomic mass is 9.95. The van der Waals surface area contributed by atoms with Gasteiger partial charge in [0.05, 0.1) is 10.9 Å². The lowest BCUT2D eigenvalue weighted by Crippen LogP contribution is -2.43. The molecular formula is C26H25F2N5O. The van der Waals surface area contributed by atoms with Crippen molar-refractivity contribution < 1.29 is 13.5 Å². The molecule has 0 atom stereocenters. The molecule has 2 aliphatic heterocycles. The Morgan fingerprint density at radius 1 is 1.06 bits per heavy atom. The summed E-state index contributed by atoms with van der Waals surface area (Å²) in [4.78, 5) is 15.8. The van der Waals surface area contributed by atoms with Crippen molar-refractivity contribution in [3.8, 4) is 17.3 Å². The fraction of sp³-hybridized carbons (Fsp3) is 0.346. The average molecular weight is 462 g/mol. The smallest absolute Gasteiger partial charge is 0.319 e. The van der Waals surface area contributed by atoms with Gasteiger partial charge in [-0.25, -0.2) is 8.78 Å². The van der Waals surface area contributed by atoms with Crippen LogP contribution in [-0.2, 0) is 0 Å². The van der Waals surface area contributed by atoms with Crippen molar-refractivity contribution in [2.75, 3.05) is 32.1 Å². The van der Waals surface area contributed by atoms with Crippen molar-refractivity contribution >= 4 is 27.5 Å². The van der Waals surface area contributed by atoms with Gasteiger partial charge in [-0.1, -0.05) is 30.3 Å². The van der Waals surface area contributed by atoms with E-state index in [2.05, 4.69) is 25.2 Å². The Labute approximate surface area is 196 Å². The lowest BCUT2D eigenvalue weighted by molar-refractivity contribution is 0.108. The quantitative estimate of drug-likeness (QED) is 0.442. The van der Waals surface area contributed by atoms with Gasteiger partial charge in [-0.05, 0) is 50.2 Å². The van der Waals surface area contributed by atoms with Crippen LogP contribution in [0.15, 0.2) is 42.6 Å². The highest BCUT2D eigenvalue weighted by molar-refractivity contribution is 5.99. The van der Waals surface area contributed by atoms with Crippen LogP contribution in [-0.4, -0.2) is 52.1 Å². The predicted molar refractivity (Wildman–Crippen MR) is 128 cm³/mol.